The lowest BCUT2D eigenvalue weighted by atomic mass is 10.2. The summed E-state index contributed by atoms with van der Waals surface area (Å²) in [6.45, 7) is 5.97. The van der Waals surface area contributed by atoms with Crippen molar-refractivity contribution in [2.24, 2.45) is 5.92 Å². The van der Waals surface area contributed by atoms with Gasteiger partial charge in [0, 0.05) is 25.0 Å². The van der Waals surface area contributed by atoms with Gasteiger partial charge in [-0.3, -0.25) is 4.98 Å². The van der Waals surface area contributed by atoms with Crippen molar-refractivity contribution >= 4 is 11.6 Å². The summed E-state index contributed by atoms with van der Waals surface area (Å²) < 4.78 is 5.64. The zero-order chi connectivity index (χ0) is 14.4. The highest BCUT2D eigenvalue weighted by atomic mass is 35.5. The molecule has 0 amide bonds. The molecule has 0 unspecified atom stereocenters. The molecular weight excluding hydrogens is 274 g/mol. The molecule has 0 atom stereocenters. The monoisotopic (exact) mass is 291 g/mol. The fourth-order valence-corrected chi connectivity index (χ4v) is 1.84. The van der Waals surface area contributed by atoms with Gasteiger partial charge in [0.05, 0.1) is 11.2 Å². The lowest BCUT2D eigenvalue weighted by Gasteiger charge is -2.10. The number of hydrogen-bond acceptors (Lipinski definition) is 4. The van der Waals surface area contributed by atoms with E-state index in [4.69, 9.17) is 16.3 Å². The maximum Gasteiger partial charge on any atom is 0.219 e. The molecule has 20 heavy (non-hydrogen) atoms. The van der Waals surface area contributed by atoms with Crippen LogP contribution in [0.1, 0.15) is 19.4 Å². The average Bonchev–Trinajstić information content (AvgIpc) is 2.43. The van der Waals surface area contributed by atoms with E-state index in [0.717, 1.165) is 12.1 Å². The predicted octanol–water partition coefficient (Wildman–Crippen LogP) is 3.67. The van der Waals surface area contributed by atoms with Gasteiger partial charge in [-0.2, -0.15) is 0 Å². The number of nitrogens with one attached hydrogen (secondary N) is 1. The Morgan fingerprint density at radius 1 is 1.35 bits per heavy atom. The third-order valence-electron chi connectivity index (χ3n) is 2.63. The predicted molar refractivity (Wildman–Crippen MR) is 80.1 cm³/mol. The first-order valence-electron chi connectivity index (χ1n) is 6.58. The Morgan fingerprint density at radius 2 is 2.20 bits per heavy atom. The van der Waals surface area contributed by atoms with E-state index >= 15 is 0 Å². The molecule has 2 aromatic heterocycles. The van der Waals surface area contributed by atoms with Crippen LogP contribution in [0.3, 0.4) is 0 Å². The van der Waals surface area contributed by atoms with Crippen LogP contribution in [0.15, 0.2) is 36.8 Å². The van der Waals surface area contributed by atoms with Gasteiger partial charge in [-0.25, -0.2) is 4.98 Å². The fraction of sp³-hybridized carbons (Fsp3) is 0.333. The van der Waals surface area contributed by atoms with Crippen molar-refractivity contribution in [3.8, 4) is 11.6 Å². The smallest absolute Gasteiger partial charge is 0.219 e. The van der Waals surface area contributed by atoms with E-state index in [2.05, 4.69) is 29.1 Å². The maximum atomic E-state index is 6.14. The van der Waals surface area contributed by atoms with Crippen LogP contribution >= 0.6 is 11.6 Å². The molecule has 2 aromatic rings. The van der Waals surface area contributed by atoms with E-state index in [1.165, 1.54) is 0 Å². The third kappa shape index (κ3) is 4.47. The number of pyridine rings is 2. The second-order valence-electron chi connectivity index (χ2n) is 4.93. The van der Waals surface area contributed by atoms with Crippen LogP contribution in [-0.2, 0) is 6.54 Å². The minimum absolute atomic E-state index is 0.517. The molecule has 0 aliphatic rings. The summed E-state index contributed by atoms with van der Waals surface area (Å²) in [5, 5.41) is 3.99. The second kappa shape index (κ2) is 7.22. The molecule has 5 heteroatoms. The SMILES string of the molecule is CC(C)CNCc1cc(Oc2cccnc2)ncc1Cl. The van der Waals surface area contributed by atoms with Crippen LogP contribution in [0.2, 0.25) is 5.02 Å². The number of ether oxygens (including phenoxy) is 1. The summed E-state index contributed by atoms with van der Waals surface area (Å²) >= 11 is 6.14. The zero-order valence-corrected chi connectivity index (χ0v) is 12.4. The van der Waals surface area contributed by atoms with Crippen molar-refractivity contribution < 1.29 is 4.74 Å². The summed E-state index contributed by atoms with van der Waals surface area (Å²) in [5.74, 6) is 1.77. The summed E-state index contributed by atoms with van der Waals surface area (Å²) in [6.07, 6.45) is 4.95. The average molecular weight is 292 g/mol. The highest BCUT2D eigenvalue weighted by molar-refractivity contribution is 6.31. The van der Waals surface area contributed by atoms with Crippen LogP contribution in [0, 0.1) is 5.92 Å². The Hall–Kier alpha value is -1.65. The Bertz CT molecular complexity index is 546. The molecule has 0 fully saturated rings. The quantitative estimate of drug-likeness (QED) is 0.882. The molecule has 0 radical (unpaired) electrons. The van der Waals surface area contributed by atoms with Crippen molar-refractivity contribution in [2.45, 2.75) is 20.4 Å². The van der Waals surface area contributed by atoms with Gasteiger partial charge in [-0.1, -0.05) is 25.4 Å². The number of rotatable bonds is 6. The largest absolute Gasteiger partial charge is 0.437 e. The van der Waals surface area contributed by atoms with Crippen molar-refractivity contribution in [3.63, 3.8) is 0 Å². The summed E-state index contributed by atoms with van der Waals surface area (Å²) in [6, 6.07) is 5.50. The van der Waals surface area contributed by atoms with Gasteiger partial charge in [-0.05, 0) is 30.2 Å². The molecule has 4 nitrogen and oxygen atoms in total. The van der Waals surface area contributed by atoms with Crippen LogP contribution in [-0.4, -0.2) is 16.5 Å². The van der Waals surface area contributed by atoms with Crippen molar-refractivity contribution in [2.75, 3.05) is 6.54 Å². The lowest BCUT2D eigenvalue weighted by Crippen LogP contribution is -2.19. The van der Waals surface area contributed by atoms with E-state index in [-0.39, 0.29) is 0 Å². The van der Waals surface area contributed by atoms with E-state index in [0.29, 0.717) is 29.1 Å². The number of nitrogens with zero attached hydrogens (tertiary/aromatic N) is 2. The molecule has 0 aliphatic heterocycles. The summed E-state index contributed by atoms with van der Waals surface area (Å²) in [7, 11) is 0. The molecule has 106 valence electrons. The molecular formula is C15H18ClN3O. The molecule has 0 saturated carbocycles. The molecule has 0 aromatic carbocycles. The van der Waals surface area contributed by atoms with Gasteiger partial charge >= 0.3 is 0 Å². The molecule has 0 spiro atoms. The Balaban J connectivity index is 2.04. The van der Waals surface area contributed by atoms with Gasteiger partial charge < -0.3 is 10.1 Å². The number of aromatic nitrogens is 2. The van der Waals surface area contributed by atoms with Crippen LogP contribution < -0.4 is 10.1 Å². The van der Waals surface area contributed by atoms with Gasteiger partial charge in [0.2, 0.25) is 5.88 Å². The van der Waals surface area contributed by atoms with E-state index in [9.17, 15) is 0 Å². The molecule has 1 N–H and O–H groups in total. The Kier molecular flexibility index (Phi) is 5.32. The minimum Gasteiger partial charge on any atom is -0.437 e. The normalized spacial score (nSPS) is 10.8. The first-order chi connectivity index (χ1) is 9.65. The lowest BCUT2D eigenvalue weighted by molar-refractivity contribution is 0.459. The molecule has 2 heterocycles. The van der Waals surface area contributed by atoms with Crippen molar-refractivity contribution in [1.29, 1.82) is 0 Å². The van der Waals surface area contributed by atoms with Crippen molar-refractivity contribution in [3.05, 3.63) is 47.4 Å². The summed E-state index contributed by atoms with van der Waals surface area (Å²) in [5.41, 5.74) is 0.973. The topological polar surface area (TPSA) is 47.0 Å². The number of halogens is 1. The fourth-order valence-electron chi connectivity index (χ4n) is 1.67. The minimum atomic E-state index is 0.517. The summed E-state index contributed by atoms with van der Waals surface area (Å²) in [4.78, 5) is 8.17. The first kappa shape index (κ1) is 14.8. The van der Waals surface area contributed by atoms with E-state index in [1.807, 2.05) is 18.2 Å². The molecule has 0 bridgehead atoms. The maximum absolute atomic E-state index is 6.14. The molecule has 0 saturated heterocycles. The number of hydrogen-bond donors (Lipinski definition) is 1. The van der Waals surface area contributed by atoms with Crippen LogP contribution in [0.5, 0.6) is 11.6 Å². The van der Waals surface area contributed by atoms with Gasteiger partial charge in [-0.15, -0.1) is 0 Å². The third-order valence-corrected chi connectivity index (χ3v) is 2.97. The standard InChI is InChI=1S/C15H18ClN3O/c1-11(2)7-18-8-12-6-15(19-10-14(12)16)20-13-4-3-5-17-9-13/h3-6,9-11,18H,7-8H2,1-2H3. The van der Waals surface area contributed by atoms with Crippen LogP contribution in [0.25, 0.3) is 0 Å². The van der Waals surface area contributed by atoms with Crippen molar-refractivity contribution in [1.82, 2.24) is 15.3 Å². The highest BCUT2D eigenvalue weighted by Crippen LogP contribution is 2.23. The van der Waals surface area contributed by atoms with Gasteiger partial charge in [0.15, 0.2) is 0 Å². The highest BCUT2D eigenvalue weighted by Gasteiger charge is 2.06. The Morgan fingerprint density at radius 3 is 2.90 bits per heavy atom. The molecule has 2 rings (SSSR count). The second-order valence-corrected chi connectivity index (χ2v) is 5.34. The van der Waals surface area contributed by atoms with Gasteiger partial charge in [0.25, 0.3) is 0 Å². The Labute approximate surface area is 124 Å². The van der Waals surface area contributed by atoms with Gasteiger partial charge in [0.1, 0.15) is 5.75 Å². The first-order valence-corrected chi connectivity index (χ1v) is 6.96. The zero-order valence-electron chi connectivity index (χ0n) is 11.6. The van der Waals surface area contributed by atoms with E-state index in [1.54, 1.807) is 18.6 Å². The van der Waals surface area contributed by atoms with Crippen LogP contribution in [0.4, 0.5) is 0 Å². The molecule has 0 aliphatic carbocycles. The van der Waals surface area contributed by atoms with E-state index < -0.39 is 0 Å².